The molecule has 1 fully saturated rings. The molecule has 0 radical (unpaired) electrons. The molecule has 21 heavy (non-hydrogen) atoms. The molecule has 1 aromatic heterocycles. The van der Waals surface area contributed by atoms with E-state index in [1.165, 1.54) is 0 Å². The molecular weight excluding hydrogens is 310 g/mol. The van der Waals surface area contributed by atoms with Gasteiger partial charge in [-0.15, -0.1) is 11.6 Å². The normalized spacial score (nSPS) is 20.4. The lowest BCUT2D eigenvalue weighted by molar-refractivity contribution is 0.314. The summed E-state index contributed by atoms with van der Waals surface area (Å²) < 4.78 is 33.0. The summed E-state index contributed by atoms with van der Waals surface area (Å²) in [5.41, 5.74) is 0.790. The summed E-state index contributed by atoms with van der Waals surface area (Å²) in [5, 5.41) is 0. The Bertz CT molecular complexity index is 619. The predicted molar refractivity (Wildman–Crippen MR) is 84.1 cm³/mol. The molecule has 0 amide bonds. The Hall–Kier alpha value is -0.520. The van der Waals surface area contributed by atoms with Crippen molar-refractivity contribution >= 4 is 21.6 Å². The van der Waals surface area contributed by atoms with Crippen LogP contribution in [0.25, 0.3) is 0 Å². The van der Waals surface area contributed by atoms with Crippen molar-refractivity contribution in [2.45, 2.75) is 57.7 Å². The van der Waals surface area contributed by atoms with Gasteiger partial charge >= 0.3 is 0 Å². The zero-order valence-electron chi connectivity index (χ0n) is 13.2. The number of halogens is 1. The number of hydrogen-bond acceptors (Lipinski definition) is 3. The molecule has 0 unspecified atom stereocenters. The molecule has 1 aromatic rings. The van der Waals surface area contributed by atoms with Crippen molar-refractivity contribution in [1.29, 1.82) is 0 Å². The number of rotatable bonds is 3. The van der Waals surface area contributed by atoms with Crippen molar-refractivity contribution < 1.29 is 12.8 Å². The third-order valence-electron chi connectivity index (χ3n) is 4.36. The molecular formula is C15H24ClNO3S. The lowest BCUT2D eigenvalue weighted by Gasteiger charge is -2.23. The van der Waals surface area contributed by atoms with Crippen LogP contribution in [0.3, 0.4) is 0 Å². The zero-order valence-corrected chi connectivity index (χ0v) is 14.8. The van der Waals surface area contributed by atoms with Crippen LogP contribution >= 0.6 is 11.6 Å². The van der Waals surface area contributed by atoms with Crippen LogP contribution < -0.4 is 0 Å². The average molecular weight is 334 g/mol. The molecule has 0 N–H and O–H groups in total. The van der Waals surface area contributed by atoms with Crippen molar-refractivity contribution in [3.05, 3.63) is 17.1 Å². The Labute approximate surface area is 132 Å². The number of nitrogens with zero attached hydrogens (tertiary/aromatic N) is 1. The maximum absolute atomic E-state index is 13.0. The Morgan fingerprint density at radius 1 is 1.19 bits per heavy atom. The summed E-state index contributed by atoms with van der Waals surface area (Å²) in [6.45, 7) is 8.96. The summed E-state index contributed by atoms with van der Waals surface area (Å²) in [6.07, 6.45) is 2.81. The first-order valence-corrected chi connectivity index (χ1v) is 9.31. The first-order chi connectivity index (χ1) is 9.69. The molecule has 1 saturated heterocycles. The van der Waals surface area contributed by atoms with Crippen molar-refractivity contribution in [3.8, 4) is 0 Å². The second-order valence-corrected chi connectivity index (χ2v) is 8.72. The van der Waals surface area contributed by atoms with E-state index in [9.17, 15) is 8.42 Å². The van der Waals surface area contributed by atoms with Gasteiger partial charge in [-0.25, -0.2) is 8.42 Å². The standard InChI is InChI=1S/C15H24ClNO3S/c1-11-13(10-16)14(12(2)20-11)21(18,19)17-8-5-6-15(3,4)7-9-17/h5-10H2,1-4H3. The number of alkyl halides is 1. The van der Waals surface area contributed by atoms with E-state index in [1.54, 1.807) is 18.2 Å². The van der Waals surface area contributed by atoms with Gasteiger partial charge in [0.2, 0.25) is 10.0 Å². The Kier molecular flexibility index (Phi) is 4.76. The summed E-state index contributed by atoms with van der Waals surface area (Å²) >= 11 is 5.93. The maximum Gasteiger partial charge on any atom is 0.246 e. The highest BCUT2D eigenvalue weighted by Gasteiger charge is 2.34. The topological polar surface area (TPSA) is 50.5 Å². The fourth-order valence-electron chi connectivity index (χ4n) is 2.97. The summed E-state index contributed by atoms with van der Waals surface area (Å²) in [4.78, 5) is 0.273. The van der Waals surface area contributed by atoms with Gasteiger partial charge in [0, 0.05) is 18.7 Å². The van der Waals surface area contributed by atoms with E-state index >= 15 is 0 Å². The number of sulfonamides is 1. The monoisotopic (exact) mass is 333 g/mol. The first kappa shape index (κ1) is 16.8. The highest BCUT2D eigenvalue weighted by molar-refractivity contribution is 7.89. The van der Waals surface area contributed by atoms with Crippen molar-refractivity contribution in [1.82, 2.24) is 4.31 Å². The molecule has 1 aliphatic rings. The fraction of sp³-hybridized carbons (Fsp3) is 0.733. The van der Waals surface area contributed by atoms with E-state index in [4.69, 9.17) is 16.0 Å². The van der Waals surface area contributed by atoms with Gasteiger partial charge in [0.1, 0.15) is 16.4 Å². The largest absolute Gasteiger partial charge is 0.465 e. The van der Waals surface area contributed by atoms with Crippen LogP contribution in [0.4, 0.5) is 0 Å². The number of furan rings is 1. The minimum atomic E-state index is -3.53. The molecule has 120 valence electrons. The lowest BCUT2D eigenvalue weighted by atomic mass is 9.85. The van der Waals surface area contributed by atoms with Crippen LogP contribution in [0.15, 0.2) is 9.31 Å². The third kappa shape index (κ3) is 3.30. The summed E-state index contributed by atoms with van der Waals surface area (Å²) in [6, 6.07) is 0. The van der Waals surface area contributed by atoms with E-state index in [0.717, 1.165) is 19.3 Å². The highest BCUT2D eigenvalue weighted by Crippen LogP contribution is 2.35. The van der Waals surface area contributed by atoms with Crippen LogP contribution in [0.1, 0.15) is 50.2 Å². The Morgan fingerprint density at radius 2 is 1.86 bits per heavy atom. The molecule has 1 aliphatic heterocycles. The Balaban J connectivity index is 2.39. The van der Waals surface area contributed by atoms with Gasteiger partial charge in [-0.05, 0) is 38.5 Å². The number of aryl methyl sites for hydroxylation is 2. The van der Waals surface area contributed by atoms with Crippen molar-refractivity contribution in [2.24, 2.45) is 5.41 Å². The van der Waals surface area contributed by atoms with Crippen LogP contribution in [0.5, 0.6) is 0 Å². The first-order valence-electron chi connectivity index (χ1n) is 7.34. The highest BCUT2D eigenvalue weighted by atomic mass is 35.5. The third-order valence-corrected chi connectivity index (χ3v) is 6.72. The molecule has 2 rings (SSSR count). The second kappa shape index (κ2) is 5.94. The molecule has 0 saturated carbocycles. The van der Waals surface area contributed by atoms with Crippen LogP contribution in [0.2, 0.25) is 0 Å². The van der Waals surface area contributed by atoms with E-state index in [0.29, 0.717) is 30.2 Å². The molecule has 0 aromatic carbocycles. The SMILES string of the molecule is Cc1oc(C)c(S(=O)(=O)N2CCCC(C)(C)CC2)c1CCl. The molecule has 4 nitrogen and oxygen atoms in total. The van der Waals surface area contributed by atoms with Gasteiger partial charge in [-0.1, -0.05) is 13.8 Å². The van der Waals surface area contributed by atoms with Crippen molar-refractivity contribution in [2.75, 3.05) is 13.1 Å². The maximum atomic E-state index is 13.0. The molecule has 2 heterocycles. The van der Waals surface area contributed by atoms with Crippen LogP contribution in [0, 0.1) is 19.3 Å². The zero-order chi connectivity index (χ0) is 15.8. The molecule has 0 spiro atoms. The molecule has 0 atom stereocenters. The predicted octanol–water partition coefficient (Wildman–Crippen LogP) is 3.84. The van der Waals surface area contributed by atoms with Gasteiger partial charge in [0.15, 0.2) is 0 Å². The quantitative estimate of drug-likeness (QED) is 0.790. The second-order valence-electron chi connectivity index (χ2n) is 6.58. The van der Waals surface area contributed by atoms with Gasteiger partial charge < -0.3 is 4.42 Å². The van der Waals surface area contributed by atoms with E-state index < -0.39 is 10.0 Å². The minimum Gasteiger partial charge on any atom is -0.465 e. The van der Waals surface area contributed by atoms with Gasteiger partial charge in [-0.3, -0.25) is 0 Å². The van der Waals surface area contributed by atoms with E-state index in [2.05, 4.69) is 13.8 Å². The molecule has 6 heteroatoms. The average Bonchev–Trinajstić information content (AvgIpc) is 2.54. The summed E-state index contributed by atoms with van der Waals surface area (Å²) in [7, 11) is -3.53. The smallest absolute Gasteiger partial charge is 0.246 e. The number of hydrogen-bond donors (Lipinski definition) is 0. The van der Waals surface area contributed by atoms with Crippen LogP contribution in [-0.4, -0.2) is 25.8 Å². The minimum absolute atomic E-state index is 0.150. The Morgan fingerprint density at radius 3 is 2.48 bits per heavy atom. The molecule has 0 bridgehead atoms. The van der Waals surface area contributed by atoms with Crippen molar-refractivity contribution in [3.63, 3.8) is 0 Å². The fourth-order valence-corrected chi connectivity index (χ4v) is 5.26. The van der Waals surface area contributed by atoms with Gasteiger partial charge in [-0.2, -0.15) is 4.31 Å². The van der Waals surface area contributed by atoms with E-state index in [1.807, 2.05) is 0 Å². The van der Waals surface area contributed by atoms with Crippen LogP contribution in [-0.2, 0) is 15.9 Å². The molecule has 0 aliphatic carbocycles. The van der Waals surface area contributed by atoms with Gasteiger partial charge in [0.05, 0.1) is 5.88 Å². The van der Waals surface area contributed by atoms with Gasteiger partial charge in [0.25, 0.3) is 0 Å². The lowest BCUT2D eigenvalue weighted by Crippen LogP contribution is -2.33. The van der Waals surface area contributed by atoms with E-state index in [-0.39, 0.29) is 16.2 Å². The summed E-state index contributed by atoms with van der Waals surface area (Å²) in [5.74, 6) is 1.18.